The number of ketones is 1. The number of aryl methyl sites for hydroxylation is 1. The lowest BCUT2D eigenvalue weighted by Crippen LogP contribution is -2.29. The van der Waals surface area contributed by atoms with Gasteiger partial charge in [-0.15, -0.1) is 0 Å². The highest BCUT2D eigenvalue weighted by atomic mass is 32.1. The Morgan fingerprint density at radius 3 is 2.64 bits per heavy atom. The number of Topliss-reactive ketones (excluding diaryl/α,β-unsaturated/α-hetero) is 1. The first kappa shape index (κ1) is 28.6. The molecule has 0 saturated carbocycles. The fourth-order valence-corrected chi connectivity index (χ4v) is 6.99. The quantitative estimate of drug-likeness (QED) is 0.118. The van der Waals surface area contributed by atoms with Gasteiger partial charge in [-0.2, -0.15) is 0 Å². The predicted octanol–water partition coefficient (Wildman–Crippen LogP) is 7.14. The van der Waals surface area contributed by atoms with Crippen LogP contribution in [-0.4, -0.2) is 35.0 Å². The standard InChI is InChI=1S/C36H30N2O6S/c1-20-9-12-26-30(15-20)45-36(37-26)38-32(23-10-14-28(29(18-23)42-3)43-19-22-7-5-4-6-8-22)31(34(40)35(38)41)33(39)24-11-13-27-25(17-24)16-21(2)44-27/h4-15,17-18,21,32,39H,16,19H2,1-3H3/b33-31+/t21-,32-/m1/s1. The van der Waals surface area contributed by atoms with E-state index in [9.17, 15) is 14.7 Å². The van der Waals surface area contributed by atoms with Crippen molar-refractivity contribution in [2.75, 3.05) is 12.0 Å². The van der Waals surface area contributed by atoms with Crippen LogP contribution in [0.5, 0.6) is 17.2 Å². The Hall–Kier alpha value is -5.15. The van der Waals surface area contributed by atoms with Crippen molar-refractivity contribution in [3.8, 4) is 17.2 Å². The molecule has 0 unspecified atom stereocenters. The minimum absolute atomic E-state index is 0.0146. The van der Waals surface area contributed by atoms with Gasteiger partial charge in [0, 0.05) is 12.0 Å². The van der Waals surface area contributed by atoms with E-state index in [2.05, 4.69) is 0 Å². The van der Waals surface area contributed by atoms with E-state index in [1.807, 2.05) is 68.4 Å². The number of ether oxygens (including phenoxy) is 3. The third-order valence-electron chi connectivity index (χ3n) is 8.09. The van der Waals surface area contributed by atoms with Crippen molar-refractivity contribution in [2.45, 2.75) is 39.0 Å². The van der Waals surface area contributed by atoms with Gasteiger partial charge in [-0.1, -0.05) is 53.8 Å². The van der Waals surface area contributed by atoms with Crippen molar-refractivity contribution < 1.29 is 28.9 Å². The van der Waals surface area contributed by atoms with Crippen LogP contribution in [0.25, 0.3) is 16.0 Å². The maximum Gasteiger partial charge on any atom is 0.301 e. The van der Waals surface area contributed by atoms with E-state index in [0.717, 1.165) is 32.7 Å². The summed E-state index contributed by atoms with van der Waals surface area (Å²) >= 11 is 1.32. The normalized spacial score (nSPS) is 18.7. The highest BCUT2D eigenvalue weighted by Crippen LogP contribution is 2.46. The van der Waals surface area contributed by atoms with E-state index < -0.39 is 17.7 Å². The molecule has 0 radical (unpaired) electrons. The second-order valence-corrected chi connectivity index (χ2v) is 12.3. The zero-order chi connectivity index (χ0) is 31.2. The van der Waals surface area contributed by atoms with Crippen LogP contribution in [0.1, 0.15) is 40.8 Å². The second-order valence-electron chi connectivity index (χ2n) is 11.3. The Balaban J connectivity index is 1.35. The lowest BCUT2D eigenvalue weighted by atomic mass is 9.94. The average molecular weight is 619 g/mol. The van der Waals surface area contributed by atoms with Crippen LogP contribution >= 0.6 is 11.3 Å². The highest BCUT2D eigenvalue weighted by molar-refractivity contribution is 7.22. The van der Waals surface area contributed by atoms with E-state index in [-0.39, 0.29) is 17.4 Å². The SMILES string of the molecule is COc1cc([C@@H]2/C(=C(\O)c3ccc4c(c3)C[C@@H](C)O4)C(=O)C(=O)N2c2nc3ccc(C)cc3s2)ccc1OCc1ccccc1. The van der Waals surface area contributed by atoms with Gasteiger partial charge in [0.05, 0.1) is 28.9 Å². The van der Waals surface area contributed by atoms with Gasteiger partial charge in [-0.05, 0) is 78.6 Å². The number of hydrogen-bond donors (Lipinski definition) is 1. The number of hydrogen-bond acceptors (Lipinski definition) is 8. The smallest absolute Gasteiger partial charge is 0.301 e. The van der Waals surface area contributed by atoms with E-state index in [1.165, 1.54) is 23.3 Å². The lowest BCUT2D eigenvalue weighted by molar-refractivity contribution is -0.132. The third kappa shape index (κ3) is 5.19. The molecule has 1 fully saturated rings. The number of amides is 1. The van der Waals surface area contributed by atoms with Crippen LogP contribution in [0.4, 0.5) is 5.13 Å². The monoisotopic (exact) mass is 618 g/mol. The largest absolute Gasteiger partial charge is 0.507 e. The summed E-state index contributed by atoms with van der Waals surface area (Å²) in [6.07, 6.45) is 0.696. The Kier molecular flexibility index (Phi) is 7.25. The number of thiazole rings is 1. The molecule has 3 heterocycles. The molecule has 5 aromatic rings. The maximum absolute atomic E-state index is 13.8. The van der Waals surface area contributed by atoms with E-state index in [1.54, 1.807) is 30.3 Å². The summed E-state index contributed by atoms with van der Waals surface area (Å²) in [5, 5.41) is 12.1. The van der Waals surface area contributed by atoms with Crippen LogP contribution in [0.2, 0.25) is 0 Å². The number of aromatic nitrogens is 1. The number of aliphatic hydroxyl groups excluding tert-OH is 1. The number of nitrogens with zero attached hydrogens (tertiary/aromatic N) is 2. The first-order valence-corrected chi connectivity index (χ1v) is 15.4. The molecule has 2 aliphatic rings. The lowest BCUT2D eigenvalue weighted by Gasteiger charge is -2.24. The molecule has 1 aromatic heterocycles. The molecule has 1 N–H and O–H groups in total. The van der Waals surface area contributed by atoms with Crippen molar-refractivity contribution in [3.05, 3.63) is 118 Å². The first-order chi connectivity index (χ1) is 21.8. The van der Waals surface area contributed by atoms with Gasteiger partial charge in [0.15, 0.2) is 16.6 Å². The average Bonchev–Trinajstić information content (AvgIpc) is 3.71. The minimum Gasteiger partial charge on any atom is -0.507 e. The summed E-state index contributed by atoms with van der Waals surface area (Å²) in [5.41, 5.74) is 4.68. The van der Waals surface area contributed by atoms with Crippen molar-refractivity contribution in [1.29, 1.82) is 0 Å². The van der Waals surface area contributed by atoms with Crippen molar-refractivity contribution >= 4 is 44.1 Å². The molecule has 4 aromatic carbocycles. The molecule has 1 amide bonds. The molecule has 2 atom stereocenters. The molecule has 226 valence electrons. The van der Waals surface area contributed by atoms with Gasteiger partial charge in [-0.3, -0.25) is 14.5 Å². The molecule has 0 aliphatic carbocycles. The minimum atomic E-state index is -0.966. The molecule has 0 spiro atoms. The molecule has 9 heteroatoms. The summed E-state index contributed by atoms with van der Waals surface area (Å²) in [7, 11) is 1.54. The fraction of sp³-hybridized carbons (Fsp3) is 0.194. The molecule has 8 nitrogen and oxygen atoms in total. The Labute approximate surface area is 264 Å². The van der Waals surface area contributed by atoms with Gasteiger partial charge in [0.2, 0.25) is 0 Å². The van der Waals surface area contributed by atoms with Crippen LogP contribution in [0.15, 0.2) is 90.5 Å². The number of aliphatic hydroxyl groups is 1. The number of rotatable bonds is 7. The molecular weight excluding hydrogens is 588 g/mol. The van der Waals surface area contributed by atoms with E-state index >= 15 is 0 Å². The zero-order valence-corrected chi connectivity index (χ0v) is 25.8. The molecular formula is C36H30N2O6S. The number of carbonyl (C=O) groups excluding carboxylic acids is 2. The van der Waals surface area contributed by atoms with Crippen LogP contribution < -0.4 is 19.1 Å². The van der Waals surface area contributed by atoms with E-state index in [4.69, 9.17) is 19.2 Å². The molecule has 45 heavy (non-hydrogen) atoms. The van der Waals surface area contributed by atoms with Gasteiger partial charge < -0.3 is 19.3 Å². The Morgan fingerprint density at radius 2 is 1.84 bits per heavy atom. The fourth-order valence-electron chi connectivity index (χ4n) is 5.90. The van der Waals surface area contributed by atoms with Gasteiger partial charge in [-0.25, -0.2) is 4.98 Å². The second kappa shape index (κ2) is 11.4. The van der Waals surface area contributed by atoms with Gasteiger partial charge in [0.1, 0.15) is 24.2 Å². The Bertz CT molecular complexity index is 2000. The third-order valence-corrected chi connectivity index (χ3v) is 9.11. The molecule has 0 bridgehead atoms. The first-order valence-electron chi connectivity index (χ1n) is 14.6. The zero-order valence-electron chi connectivity index (χ0n) is 24.9. The predicted molar refractivity (Wildman–Crippen MR) is 173 cm³/mol. The summed E-state index contributed by atoms with van der Waals surface area (Å²) in [6.45, 7) is 4.30. The topological polar surface area (TPSA) is 98.2 Å². The number of benzene rings is 4. The summed E-state index contributed by atoms with van der Waals surface area (Å²) < 4.78 is 18.5. The summed E-state index contributed by atoms with van der Waals surface area (Å²) in [6, 6.07) is 25.3. The van der Waals surface area contributed by atoms with Crippen LogP contribution in [-0.2, 0) is 22.6 Å². The number of anilines is 1. The Morgan fingerprint density at radius 1 is 1.02 bits per heavy atom. The van der Waals surface area contributed by atoms with Crippen molar-refractivity contribution in [1.82, 2.24) is 4.98 Å². The molecule has 1 saturated heterocycles. The summed E-state index contributed by atoms with van der Waals surface area (Å²) in [4.78, 5) is 33.7. The molecule has 7 rings (SSSR count). The van der Waals surface area contributed by atoms with Crippen molar-refractivity contribution in [2.24, 2.45) is 0 Å². The van der Waals surface area contributed by atoms with Gasteiger partial charge in [0.25, 0.3) is 5.78 Å². The number of methoxy groups -OCH3 is 1. The van der Waals surface area contributed by atoms with E-state index in [0.29, 0.717) is 40.8 Å². The molecule has 2 aliphatic heterocycles. The van der Waals surface area contributed by atoms with Crippen molar-refractivity contribution in [3.63, 3.8) is 0 Å². The van der Waals surface area contributed by atoms with Crippen LogP contribution in [0.3, 0.4) is 0 Å². The number of fused-ring (bicyclic) bond motifs is 2. The summed E-state index contributed by atoms with van der Waals surface area (Å²) in [5.74, 6) is -0.136. The van der Waals surface area contributed by atoms with Gasteiger partial charge >= 0.3 is 5.91 Å². The highest BCUT2D eigenvalue weighted by Gasteiger charge is 2.48. The number of carbonyl (C=O) groups is 2. The van der Waals surface area contributed by atoms with Crippen LogP contribution in [0, 0.1) is 6.92 Å². The maximum atomic E-state index is 13.8.